The SMILES string of the molecule is CCCCCCCCCCCCCCCCC12OC1C=Cc1ccccc12. The second-order valence-corrected chi connectivity index (χ2v) is 8.72. The number of hydrogen-bond donors (Lipinski definition) is 0. The molecule has 1 nitrogen and oxygen atoms in total. The fourth-order valence-corrected chi connectivity index (χ4v) is 4.74. The van der Waals surface area contributed by atoms with Crippen LogP contribution in [0.15, 0.2) is 30.3 Å². The molecule has 1 aromatic carbocycles. The van der Waals surface area contributed by atoms with Gasteiger partial charge >= 0.3 is 0 Å². The van der Waals surface area contributed by atoms with Gasteiger partial charge in [0.2, 0.25) is 0 Å². The van der Waals surface area contributed by atoms with E-state index in [1.807, 2.05) is 0 Å². The molecule has 2 unspecified atom stereocenters. The van der Waals surface area contributed by atoms with Crippen molar-refractivity contribution in [3.05, 3.63) is 41.5 Å². The van der Waals surface area contributed by atoms with Crippen LogP contribution < -0.4 is 0 Å². The molecule has 2 atom stereocenters. The maximum absolute atomic E-state index is 6.12. The number of rotatable bonds is 15. The summed E-state index contributed by atoms with van der Waals surface area (Å²) in [5.74, 6) is 0. The van der Waals surface area contributed by atoms with E-state index in [0.717, 1.165) is 0 Å². The van der Waals surface area contributed by atoms with Crippen molar-refractivity contribution < 1.29 is 4.74 Å². The van der Waals surface area contributed by atoms with Crippen molar-refractivity contribution in [3.63, 3.8) is 0 Å². The summed E-state index contributed by atoms with van der Waals surface area (Å²) >= 11 is 0. The Labute approximate surface area is 167 Å². The van der Waals surface area contributed by atoms with E-state index in [-0.39, 0.29) is 5.60 Å². The van der Waals surface area contributed by atoms with Crippen LogP contribution in [0.2, 0.25) is 0 Å². The predicted molar refractivity (Wildman–Crippen MR) is 117 cm³/mol. The minimum absolute atomic E-state index is 0.0302. The highest BCUT2D eigenvalue weighted by atomic mass is 16.6. The number of fused-ring (bicyclic) bond motifs is 3. The molecule has 0 saturated carbocycles. The Morgan fingerprint density at radius 3 is 1.93 bits per heavy atom. The first-order valence-electron chi connectivity index (χ1n) is 11.8. The highest BCUT2D eigenvalue weighted by Crippen LogP contribution is 2.54. The van der Waals surface area contributed by atoms with E-state index in [4.69, 9.17) is 4.74 Å². The van der Waals surface area contributed by atoms with Crippen LogP contribution in [0.4, 0.5) is 0 Å². The second-order valence-electron chi connectivity index (χ2n) is 8.72. The smallest absolute Gasteiger partial charge is 0.124 e. The maximum Gasteiger partial charge on any atom is 0.124 e. The molecule has 1 fully saturated rings. The number of hydrogen-bond acceptors (Lipinski definition) is 1. The normalized spacial score (nSPS) is 22.5. The molecule has 0 radical (unpaired) electrons. The van der Waals surface area contributed by atoms with Gasteiger partial charge in [-0.2, -0.15) is 0 Å². The summed E-state index contributed by atoms with van der Waals surface area (Å²) in [6.07, 6.45) is 25.9. The number of benzene rings is 1. The molecule has 27 heavy (non-hydrogen) atoms. The highest BCUT2D eigenvalue weighted by molar-refractivity contribution is 5.62. The van der Waals surface area contributed by atoms with E-state index in [1.165, 1.54) is 107 Å². The van der Waals surface area contributed by atoms with Crippen molar-refractivity contribution in [2.24, 2.45) is 0 Å². The van der Waals surface area contributed by atoms with Crippen molar-refractivity contribution in [2.75, 3.05) is 0 Å². The van der Waals surface area contributed by atoms with Crippen LogP contribution in [-0.4, -0.2) is 6.10 Å². The van der Waals surface area contributed by atoms with Gasteiger partial charge in [0, 0.05) is 0 Å². The van der Waals surface area contributed by atoms with E-state index < -0.39 is 0 Å². The van der Waals surface area contributed by atoms with Gasteiger partial charge in [0.25, 0.3) is 0 Å². The van der Waals surface area contributed by atoms with Crippen LogP contribution in [-0.2, 0) is 10.3 Å². The summed E-state index contributed by atoms with van der Waals surface area (Å²) in [5, 5.41) is 0. The first kappa shape index (κ1) is 20.6. The summed E-state index contributed by atoms with van der Waals surface area (Å²) in [6, 6.07) is 8.77. The molecule has 0 spiro atoms. The quantitative estimate of drug-likeness (QED) is 0.224. The first-order valence-corrected chi connectivity index (χ1v) is 11.8. The minimum atomic E-state index is 0.0302. The molecule has 3 rings (SSSR count). The molecule has 0 aromatic heterocycles. The van der Waals surface area contributed by atoms with Gasteiger partial charge in [0.1, 0.15) is 11.7 Å². The largest absolute Gasteiger partial charge is 0.356 e. The molecule has 1 aliphatic carbocycles. The van der Waals surface area contributed by atoms with Gasteiger partial charge in [-0.1, -0.05) is 133 Å². The molecule has 1 heteroatoms. The van der Waals surface area contributed by atoms with Crippen molar-refractivity contribution in [2.45, 2.75) is 115 Å². The van der Waals surface area contributed by atoms with Gasteiger partial charge in [0.15, 0.2) is 0 Å². The van der Waals surface area contributed by atoms with Gasteiger partial charge in [-0.05, 0) is 17.5 Å². The minimum Gasteiger partial charge on any atom is -0.356 e. The van der Waals surface area contributed by atoms with Crippen molar-refractivity contribution in [1.29, 1.82) is 0 Å². The van der Waals surface area contributed by atoms with E-state index in [1.54, 1.807) is 0 Å². The first-order chi connectivity index (χ1) is 13.4. The standard InChI is InChI=1S/C26H40O/c1-2-3-4-5-6-7-8-9-10-11-12-13-14-17-22-26-24-19-16-15-18-23(24)20-21-25(26)27-26/h15-16,18-21,25H,2-14,17,22H2,1H3. The van der Waals surface area contributed by atoms with Crippen LogP contribution in [0.25, 0.3) is 6.08 Å². The fourth-order valence-electron chi connectivity index (χ4n) is 4.74. The fraction of sp³-hybridized carbons (Fsp3) is 0.692. The lowest BCUT2D eigenvalue weighted by atomic mass is 9.83. The van der Waals surface area contributed by atoms with Crippen LogP contribution >= 0.6 is 0 Å². The van der Waals surface area contributed by atoms with Crippen LogP contribution in [0, 0.1) is 0 Å². The third kappa shape index (κ3) is 5.95. The van der Waals surface area contributed by atoms with Gasteiger partial charge < -0.3 is 4.74 Å². The van der Waals surface area contributed by atoms with E-state index in [9.17, 15) is 0 Å². The zero-order valence-electron chi connectivity index (χ0n) is 17.6. The molecule has 0 amide bonds. The zero-order valence-corrected chi connectivity index (χ0v) is 17.6. The van der Waals surface area contributed by atoms with Crippen molar-refractivity contribution in [1.82, 2.24) is 0 Å². The van der Waals surface area contributed by atoms with Gasteiger partial charge in [-0.25, -0.2) is 0 Å². The molecule has 2 aliphatic rings. The average Bonchev–Trinajstić information content (AvgIpc) is 3.43. The topological polar surface area (TPSA) is 12.5 Å². The van der Waals surface area contributed by atoms with Gasteiger partial charge in [-0.15, -0.1) is 0 Å². The van der Waals surface area contributed by atoms with E-state index in [2.05, 4.69) is 43.3 Å². The molecule has 1 aromatic rings. The summed E-state index contributed by atoms with van der Waals surface area (Å²) < 4.78 is 6.12. The van der Waals surface area contributed by atoms with Crippen molar-refractivity contribution >= 4 is 6.08 Å². The van der Waals surface area contributed by atoms with Gasteiger partial charge in [-0.3, -0.25) is 0 Å². The Kier molecular flexibility index (Phi) is 8.45. The third-order valence-corrected chi connectivity index (χ3v) is 6.51. The maximum atomic E-state index is 6.12. The molecule has 150 valence electrons. The summed E-state index contributed by atoms with van der Waals surface area (Å²) in [5.41, 5.74) is 2.81. The lowest BCUT2D eigenvalue weighted by Gasteiger charge is -2.18. The molecule has 0 bridgehead atoms. The summed E-state index contributed by atoms with van der Waals surface area (Å²) in [6.45, 7) is 2.29. The van der Waals surface area contributed by atoms with Crippen molar-refractivity contribution in [3.8, 4) is 0 Å². The highest BCUT2D eigenvalue weighted by Gasteiger charge is 2.57. The molecule has 1 aliphatic heterocycles. The summed E-state index contributed by atoms with van der Waals surface area (Å²) in [4.78, 5) is 0. The monoisotopic (exact) mass is 368 g/mol. The average molecular weight is 369 g/mol. The molecule has 1 saturated heterocycles. The molecular weight excluding hydrogens is 328 g/mol. The molecule has 1 heterocycles. The van der Waals surface area contributed by atoms with E-state index in [0.29, 0.717) is 6.10 Å². The third-order valence-electron chi connectivity index (χ3n) is 6.51. The Hall–Kier alpha value is -1.08. The molecular formula is C26H40O. The Balaban J connectivity index is 1.17. The lowest BCUT2D eigenvalue weighted by molar-refractivity contribution is 0.281. The number of ether oxygens (including phenoxy) is 1. The van der Waals surface area contributed by atoms with Crippen LogP contribution in [0.5, 0.6) is 0 Å². The Morgan fingerprint density at radius 2 is 1.30 bits per heavy atom. The predicted octanol–water partition coefficient (Wildman–Crippen LogP) is 8.18. The number of unbranched alkanes of at least 4 members (excludes halogenated alkanes) is 13. The number of epoxide rings is 1. The summed E-state index contributed by atoms with van der Waals surface area (Å²) in [7, 11) is 0. The Morgan fingerprint density at radius 1 is 0.741 bits per heavy atom. The van der Waals surface area contributed by atoms with Gasteiger partial charge in [0.05, 0.1) is 0 Å². The lowest BCUT2D eigenvalue weighted by Crippen LogP contribution is -2.16. The van der Waals surface area contributed by atoms with E-state index >= 15 is 0 Å². The Bertz CT molecular complexity index is 575. The van der Waals surface area contributed by atoms with Crippen LogP contribution in [0.3, 0.4) is 0 Å². The molecule has 0 N–H and O–H groups in total. The zero-order chi connectivity index (χ0) is 18.8. The second kappa shape index (κ2) is 11.1. The van der Waals surface area contributed by atoms with Crippen LogP contribution in [0.1, 0.15) is 114 Å².